The van der Waals surface area contributed by atoms with Crippen LogP contribution >= 0.6 is 0 Å². The average Bonchev–Trinajstić information content (AvgIpc) is 2.90. The molecule has 0 saturated carbocycles. The van der Waals surface area contributed by atoms with Crippen molar-refractivity contribution in [2.75, 3.05) is 12.4 Å². The van der Waals surface area contributed by atoms with Gasteiger partial charge in [-0.25, -0.2) is 14.6 Å². The number of aryl methyl sites for hydroxylation is 1. The fourth-order valence-corrected chi connectivity index (χ4v) is 1.78. The molecule has 8 heteroatoms. The Hall–Kier alpha value is -2.90. The molecule has 2 rings (SSSR count). The van der Waals surface area contributed by atoms with Gasteiger partial charge in [-0.05, 0) is 12.1 Å². The molecule has 0 fully saturated rings. The molecule has 1 atom stereocenters. The minimum absolute atomic E-state index is 0.0952. The molecule has 21 heavy (non-hydrogen) atoms. The molecule has 110 valence electrons. The highest BCUT2D eigenvalue weighted by Gasteiger charge is 2.21. The number of pyridine rings is 1. The van der Waals surface area contributed by atoms with Crippen LogP contribution in [-0.2, 0) is 16.6 Å². The SMILES string of the molecule is COC(=O)c1cc(NC(C(=O)O)c2cnn(C)c2)ccn1. The van der Waals surface area contributed by atoms with E-state index in [1.165, 1.54) is 30.3 Å². The molecule has 0 radical (unpaired) electrons. The monoisotopic (exact) mass is 290 g/mol. The number of nitrogens with one attached hydrogen (secondary N) is 1. The van der Waals surface area contributed by atoms with Gasteiger partial charge >= 0.3 is 11.9 Å². The lowest BCUT2D eigenvalue weighted by Gasteiger charge is -2.14. The van der Waals surface area contributed by atoms with E-state index in [-0.39, 0.29) is 5.69 Å². The molecule has 2 aromatic heterocycles. The normalized spacial score (nSPS) is 11.7. The third-order valence-corrected chi connectivity index (χ3v) is 2.77. The second-order valence-corrected chi connectivity index (χ2v) is 4.28. The van der Waals surface area contributed by atoms with Gasteiger partial charge in [-0.3, -0.25) is 4.68 Å². The van der Waals surface area contributed by atoms with Crippen LogP contribution in [-0.4, -0.2) is 38.9 Å². The van der Waals surface area contributed by atoms with Crippen molar-refractivity contribution < 1.29 is 19.4 Å². The lowest BCUT2D eigenvalue weighted by molar-refractivity contribution is -0.138. The number of carbonyl (C=O) groups excluding carboxylic acids is 1. The number of hydrogen-bond donors (Lipinski definition) is 2. The molecule has 0 aliphatic carbocycles. The van der Waals surface area contributed by atoms with E-state index in [1.54, 1.807) is 19.3 Å². The summed E-state index contributed by atoms with van der Waals surface area (Å²) in [6, 6.07) is 2.02. The number of carboxylic acids is 1. The summed E-state index contributed by atoms with van der Waals surface area (Å²) in [6.45, 7) is 0. The van der Waals surface area contributed by atoms with Crippen molar-refractivity contribution in [3.63, 3.8) is 0 Å². The summed E-state index contributed by atoms with van der Waals surface area (Å²) in [5, 5.41) is 16.1. The fourth-order valence-electron chi connectivity index (χ4n) is 1.78. The van der Waals surface area contributed by atoms with E-state index in [0.717, 1.165) is 0 Å². The quantitative estimate of drug-likeness (QED) is 0.786. The molecule has 2 N–H and O–H groups in total. The minimum Gasteiger partial charge on any atom is -0.479 e. The van der Waals surface area contributed by atoms with Crippen LogP contribution in [0.25, 0.3) is 0 Å². The van der Waals surface area contributed by atoms with Crippen molar-refractivity contribution in [1.29, 1.82) is 0 Å². The minimum atomic E-state index is -1.06. The molecule has 8 nitrogen and oxygen atoms in total. The molecule has 2 heterocycles. The smallest absolute Gasteiger partial charge is 0.356 e. The van der Waals surface area contributed by atoms with Gasteiger partial charge in [0.2, 0.25) is 0 Å². The topological polar surface area (TPSA) is 106 Å². The summed E-state index contributed by atoms with van der Waals surface area (Å²) in [6.07, 6.45) is 4.47. The first-order valence-electron chi connectivity index (χ1n) is 6.03. The van der Waals surface area contributed by atoms with E-state index in [1.807, 2.05) is 0 Å². The second kappa shape index (κ2) is 6.04. The van der Waals surface area contributed by atoms with Gasteiger partial charge in [0.05, 0.1) is 13.3 Å². The Morgan fingerprint density at radius 3 is 2.81 bits per heavy atom. The molecule has 0 aliphatic heterocycles. The number of nitrogens with zero attached hydrogens (tertiary/aromatic N) is 3. The van der Waals surface area contributed by atoms with Crippen molar-refractivity contribution in [3.8, 4) is 0 Å². The van der Waals surface area contributed by atoms with Crippen LogP contribution in [0.1, 0.15) is 22.1 Å². The van der Waals surface area contributed by atoms with Crippen LogP contribution in [0.2, 0.25) is 0 Å². The van der Waals surface area contributed by atoms with Crippen LogP contribution in [0, 0.1) is 0 Å². The zero-order valence-electron chi connectivity index (χ0n) is 11.5. The Balaban J connectivity index is 2.25. The number of rotatable bonds is 5. The maximum atomic E-state index is 11.4. The summed E-state index contributed by atoms with van der Waals surface area (Å²) in [5.41, 5.74) is 1.04. The molecule has 2 aromatic rings. The Labute approximate surface area is 120 Å². The Morgan fingerprint density at radius 2 is 2.24 bits per heavy atom. The van der Waals surface area contributed by atoms with Crippen molar-refractivity contribution in [1.82, 2.24) is 14.8 Å². The number of anilines is 1. The fraction of sp³-hybridized carbons (Fsp3) is 0.231. The Bertz CT molecular complexity index is 668. The standard InChI is InChI=1S/C13H14N4O4/c1-17-7-8(6-15-17)11(12(18)19)16-9-3-4-14-10(5-9)13(20)21-2/h3-7,11H,1-2H3,(H,14,16)(H,18,19). The highest BCUT2D eigenvalue weighted by molar-refractivity contribution is 5.88. The number of hydrogen-bond acceptors (Lipinski definition) is 6. The molecule has 0 bridgehead atoms. The predicted molar refractivity (Wildman–Crippen MR) is 72.8 cm³/mol. The van der Waals surface area contributed by atoms with Crippen LogP contribution in [0.15, 0.2) is 30.7 Å². The number of ether oxygens (including phenoxy) is 1. The summed E-state index contributed by atoms with van der Waals surface area (Å²) < 4.78 is 6.09. The summed E-state index contributed by atoms with van der Waals surface area (Å²) in [4.78, 5) is 26.7. The third kappa shape index (κ3) is 3.35. The van der Waals surface area contributed by atoms with Gasteiger partial charge in [-0.1, -0.05) is 0 Å². The van der Waals surface area contributed by atoms with Gasteiger partial charge in [-0.2, -0.15) is 5.10 Å². The van der Waals surface area contributed by atoms with Crippen LogP contribution in [0.4, 0.5) is 5.69 Å². The molecule has 0 spiro atoms. The van der Waals surface area contributed by atoms with Gasteiger partial charge in [0.25, 0.3) is 0 Å². The number of carbonyl (C=O) groups is 2. The average molecular weight is 290 g/mol. The lowest BCUT2D eigenvalue weighted by atomic mass is 10.1. The van der Waals surface area contributed by atoms with E-state index in [2.05, 4.69) is 20.1 Å². The van der Waals surface area contributed by atoms with Crippen molar-refractivity contribution in [2.45, 2.75) is 6.04 Å². The summed E-state index contributed by atoms with van der Waals surface area (Å²) in [5.74, 6) is -1.65. The van der Waals surface area contributed by atoms with Gasteiger partial charge < -0.3 is 15.2 Å². The first kappa shape index (κ1) is 14.5. The highest BCUT2D eigenvalue weighted by Crippen LogP contribution is 2.20. The van der Waals surface area contributed by atoms with E-state index in [9.17, 15) is 14.7 Å². The number of carboxylic acid groups (broad SMARTS) is 1. The number of aromatic nitrogens is 3. The number of methoxy groups -OCH3 is 1. The first-order valence-corrected chi connectivity index (χ1v) is 6.03. The van der Waals surface area contributed by atoms with Crippen molar-refractivity contribution in [2.24, 2.45) is 7.05 Å². The summed E-state index contributed by atoms with van der Waals surface area (Å²) >= 11 is 0. The van der Waals surface area contributed by atoms with Crippen LogP contribution in [0.3, 0.4) is 0 Å². The largest absolute Gasteiger partial charge is 0.479 e. The van der Waals surface area contributed by atoms with Crippen molar-refractivity contribution >= 4 is 17.6 Å². The molecule has 0 amide bonds. The highest BCUT2D eigenvalue weighted by atomic mass is 16.5. The molecular formula is C13H14N4O4. The molecular weight excluding hydrogens is 276 g/mol. The third-order valence-electron chi connectivity index (χ3n) is 2.77. The van der Waals surface area contributed by atoms with E-state index < -0.39 is 18.0 Å². The van der Waals surface area contributed by atoms with Gasteiger partial charge in [0, 0.05) is 30.7 Å². The van der Waals surface area contributed by atoms with Gasteiger partial charge in [-0.15, -0.1) is 0 Å². The molecule has 0 aromatic carbocycles. The van der Waals surface area contributed by atoms with E-state index >= 15 is 0 Å². The van der Waals surface area contributed by atoms with Crippen molar-refractivity contribution in [3.05, 3.63) is 42.0 Å². The van der Waals surface area contributed by atoms with Crippen LogP contribution in [0.5, 0.6) is 0 Å². The Morgan fingerprint density at radius 1 is 1.48 bits per heavy atom. The van der Waals surface area contributed by atoms with E-state index in [0.29, 0.717) is 11.3 Å². The molecule has 0 saturated heterocycles. The van der Waals surface area contributed by atoms with Crippen LogP contribution < -0.4 is 5.32 Å². The zero-order valence-corrected chi connectivity index (χ0v) is 11.5. The zero-order chi connectivity index (χ0) is 15.4. The Kier molecular flexibility index (Phi) is 4.17. The maximum absolute atomic E-state index is 11.4. The molecule has 1 unspecified atom stereocenters. The predicted octanol–water partition coefficient (Wildman–Crippen LogP) is 0.839. The van der Waals surface area contributed by atoms with Gasteiger partial charge in [0.1, 0.15) is 5.69 Å². The summed E-state index contributed by atoms with van der Waals surface area (Å²) in [7, 11) is 2.95. The number of esters is 1. The van der Waals surface area contributed by atoms with Gasteiger partial charge in [0.15, 0.2) is 6.04 Å². The number of aliphatic carboxylic acids is 1. The van der Waals surface area contributed by atoms with E-state index in [4.69, 9.17) is 0 Å². The second-order valence-electron chi connectivity index (χ2n) is 4.28. The maximum Gasteiger partial charge on any atom is 0.356 e. The first-order chi connectivity index (χ1) is 10.0. The lowest BCUT2D eigenvalue weighted by Crippen LogP contribution is -2.20. The molecule has 0 aliphatic rings.